The molecule has 3 amide bonds. The summed E-state index contributed by atoms with van der Waals surface area (Å²) in [6.07, 6.45) is 2.81. The van der Waals surface area contributed by atoms with Gasteiger partial charge in [-0.05, 0) is 45.4 Å². The van der Waals surface area contributed by atoms with Crippen LogP contribution in [0.5, 0.6) is 0 Å². The molecular weight excluding hydrogens is 461 g/mol. The minimum Gasteiger partial charge on any atom is -0.359 e. The fraction of sp³-hybridized carbons (Fsp3) is 0.393. The fourth-order valence-corrected chi connectivity index (χ4v) is 5.54. The molecule has 2 aromatic carbocycles. The molecule has 0 aromatic heterocycles. The molecule has 8 heteroatoms. The molecule has 3 aliphatic heterocycles. The van der Waals surface area contributed by atoms with E-state index < -0.39 is 46.8 Å². The molecule has 36 heavy (non-hydrogen) atoms. The summed E-state index contributed by atoms with van der Waals surface area (Å²) in [7, 11) is 0. The van der Waals surface area contributed by atoms with Crippen LogP contribution in [0.4, 0.5) is 10.1 Å². The lowest BCUT2D eigenvalue weighted by Crippen LogP contribution is -2.57. The van der Waals surface area contributed by atoms with E-state index in [9.17, 15) is 18.8 Å². The van der Waals surface area contributed by atoms with Crippen LogP contribution >= 0.6 is 0 Å². The van der Waals surface area contributed by atoms with Crippen molar-refractivity contribution in [2.24, 2.45) is 11.8 Å². The highest BCUT2D eigenvalue weighted by Gasteiger charge is 2.72. The van der Waals surface area contributed by atoms with Crippen molar-refractivity contribution in [3.63, 3.8) is 0 Å². The third-order valence-electron chi connectivity index (χ3n) is 7.03. The summed E-state index contributed by atoms with van der Waals surface area (Å²) in [6, 6.07) is 12.7. The minimum atomic E-state index is -1.28. The van der Waals surface area contributed by atoms with Crippen LogP contribution in [0.15, 0.2) is 60.7 Å². The number of nitrogens with one attached hydrogen (secondary N) is 2. The third kappa shape index (κ3) is 3.99. The van der Waals surface area contributed by atoms with Crippen molar-refractivity contribution >= 4 is 23.4 Å². The zero-order chi connectivity index (χ0) is 25.8. The Balaban J connectivity index is 1.51. The van der Waals surface area contributed by atoms with Gasteiger partial charge in [-0.3, -0.25) is 14.4 Å². The number of rotatable bonds is 5. The van der Waals surface area contributed by atoms with E-state index in [-0.39, 0.29) is 24.0 Å². The normalized spacial score (nSPS) is 28.4. The summed E-state index contributed by atoms with van der Waals surface area (Å²) in [5.41, 5.74) is 0.168. The quantitative estimate of drug-likeness (QED) is 0.628. The highest BCUT2D eigenvalue weighted by molar-refractivity contribution is 6.02. The molecule has 0 saturated carbocycles. The predicted molar refractivity (Wildman–Crippen MR) is 132 cm³/mol. The molecule has 0 aliphatic carbocycles. The van der Waals surface area contributed by atoms with Gasteiger partial charge in [-0.15, -0.1) is 0 Å². The Morgan fingerprint density at radius 1 is 1.08 bits per heavy atom. The molecule has 188 valence electrons. The maximum absolute atomic E-state index is 14.2. The minimum absolute atomic E-state index is 0.0345. The lowest BCUT2D eigenvalue weighted by atomic mass is 9.74. The predicted octanol–water partition coefficient (Wildman–Crippen LogP) is 3.34. The van der Waals surface area contributed by atoms with E-state index >= 15 is 0 Å². The maximum atomic E-state index is 14.2. The molecule has 5 rings (SSSR count). The van der Waals surface area contributed by atoms with Gasteiger partial charge in [-0.25, -0.2) is 4.39 Å². The van der Waals surface area contributed by atoms with Crippen molar-refractivity contribution in [2.45, 2.75) is 57.5 Å². The largest absolute Gasteiger partial charge is 0.359 e. The molecule has 5 atom stereocenters. The number of likely N-dealkylation sites (tertiary alicyclic amines) is 1. The molecule has 0 radical (unpaired) electrons. The van der Waals surface area contributed by atoms with Crippen LogP contribution in [0, 0.1) is 24.6 Å². The van der Waals surface area contributed by atoms with E-state index in [1.807, 2.05) is 52.0 Å². The van der Waals surface area contributed by atoms with Crippen LogP contribution in [-0.2, 0) is 25.7 Å². The molecule has 7 nitrogen and oxygen atoms in total. The Hall–Kier alpha value is -3.52. The molecule has 3 aliphatic rings. The SMILES string of the molecule is Cc1ccc(CN2C(=O)C3C(C(=O)Nc4ccccc4F)C4C=CC3(O4)C2C(=O)NC(C)(C)C)cc1. The molecule has 3 heterocycles. The van der Waals surface area contributed by atoms with Gasteiger partial charge >= 0.3 is 0 Å². The number of aryl methyl sites for hydroxylation is 1. The topological polar surface area (TPSA) is 87.7 Å². The van der Waals surface area contributed by atoms with Crippen LogP contribution in [0.3, 0.4) is 0 Å². The zero-order valence-electron chi connectivity index (χ0n) is 20.7. The first kappa shape index (κ1) is 24.2. The number of anilines is 1. The summed E-state index contributed by atoms with van der Waals surface area (Å²) in [5, 5.41) is 5.61. The molecule has 1 spiro atoms. The summed E-state index contributed by atoms with van der Waals surface area (Å²) in [4.78, 5) is 42.5. The van der Waals surface area contributed by atoms with E-state index in [2.05, 4.69) is 10.6 Å². The smallest absolute Gasteiger partial charge is 0.246 e. The lowest BCUT2D eigenvalue weighted by molar-refractivity contribution is -0.142. The van der Waals surface area contributed by atoms with Gasteiger partial charge in [-0.2, -0.15) is 0 Å². The Morgan fingerprint density at radius 2 is 1.78 bits per heavy atom. The molecule has 2 saturated heterocycles. The van der Waals surface area contributed by atoms with Gasteiger partial charge in [0.25, 0.3) is 0 Å². The van der Waals surface area contributed by atoms with E-state index in [1.54, 1.807) is 18.2 Å². The molecule has 2 fully saturated rings. The number of hydrogen-bond donors (Lipinski definition) is 2. The van der Waals surface area contributed by atoms with Crippen LogP contribution in [0.25, 0.3) is 0 Å². The highest BCUT2D eigenvalue weighted by Crippen LogP contribution is 2.55. The number of amides is 3. The second-order valence-corrected chi connectivity index (χ2v) is 10.9. The van der Waals surface area contributed by atoms with E-state index in [0.717, 1.165) is 11.1 Å². The number of carbonyl (C=O) groups excluding carboxylic acids is 3. The highest BCUT2D eigenvalue weighted by atomic mass is 19.1. The second kappa shape index (κ2) is 8.55. The van der Waals surface area contributed by atoms with Gasteiger partial charge < -0.3 is 20.3 Å². The lowest BCUT2D eigenvalue weighted by Gasteiger charge is -2.34. The number of nitrogens with zero attached hydrogens (tertiary/aromatic N) is 1. The summed E-state index contributed by atoms with van der Waals surface area (Å²) in [6.45, 7) is 7.78. The van der Waals surface area contributed by atoms with Crippen LogP contribution in [0.1, 0.15) is 31.9 Å². The second-order valence-electron chi connectivity index (χ2n) is 10.9. The number of para-hydroxylation sites is 1. The first-order valence-corrected chi connectivity index (χ1v) is 12.1. The van der Waals surface area contributed by atoms with Crippen molar-refractivity contribution < 1.29 is 23.5 Å². The van der Waals surface area contributed by atoms with Gasteiger partial charge in [0.15, 0.2) is 0 Å². The molecule has 2 bridgehead atoms. The monoisotopic (exact) mass is 491 g/mol. The van der Waals surface area contributed by atoms with Crippen molar-refractivity contribution in [3.05, 3.63) is 77.6 Å². The molecular formula is C28H30FN3O4. The van der Waals surface area contributed by atoms with Crippen molar-refractivity contribution in [1.82, 2.24) is 10.2 Å². The van der Waals surface area contributed by atoms with Crippen molar-refractivity contribution in [1.29, 1.82) is 0 Å². The maximum Gasteiger partial charge on any atom is 0.246 e. The Kier molecular flexibility index (Phi) is 5.75. The van der Waals surface area contributed by atoms with Crippen LogP contribution < -0.4 is 10.6 Å². The number of benzene rings is 2. The number of fused-ring (bicyclic) bond motifs is 1. The van der Waals surface area contributed by atoms with E-state index in [4.69, 9.17) is 4.74 Å². The van der Waals surface area contributed by atoms with E-state index in [0.29, 0.717) is 0 Å². The van der Waals surface area contributed by atoms with Gasteiger partial charge in [0.1, 0.15) is 17.5 Å². The number of hydrogen-bond acceptors (Lipinski definition) is 4. The first-order chi connectivity index (χ1) is 17.0. The molecule has 2 aromatic rings. The summed E-state index contributed by atoms with van der Waals surface area (Å²) >= 11 is 0. The van der Waals surface area contributed by atoms with Crippen LogP contribution in [0.2, 0.25) is 0 Å². The van der Waals surface area contributed by atoms with Gasteiger partial charge in [0.2, 0.25) is 17.7 Å². The Bertz CT molecular complexity index is 1250. The summed E-state index contributed by atoms with van der Waals surface area (Å²) < 4.78 is 20.5. The van der Waals surface area contributed by atoms with Crippen molar-refractivity contribution in [3.8, 4) is 0 Å². The number of carbonyl (C=O) groups is 3. The zero-order valence-corrected chi connectivity index (χ0v) is 20.7. The average Bonchev–Trinajstić information content (AvgIpc) is 3.43. The fourth-order valence-electron chi connectivity index (χ4n) is 5.54. The van der Waals surface area contributed by atoms with Crippen LogP contribution in [-0.4, -0.2) is 45.9 Å². The molecule has 5 unspecified atom stereocenters. The first-order valence-electron chi connectivity index (χ1n) is 12.1. The van der Waals surface area contributed by atoms with Crippen molar-refractivity contribution in [2.75, 3.05) is 5.32 Å². The Morgan fingerprint density at radius 3 is 2.44 bits per heavy atom. The van der Waals surface area contributed by atoms with Gasteiger partial charge in [-0.1, -0.05) is 54.1 Å². The number of halogens is 1. The molecule has 2 N–H and O–H groups in total. The summed E-state index contributed by atoms with van der Waals surface area (Å²) in [5.74, 6) is -3.55. The average molecular weight is 492 g/mol. The standard InChI is InChI=1S/C28H30FN3O4/c1-16-9-11-17(12-10-16)15-32-23(25(34)31-27(2,3)4)28-14-13-20(36-28)21(22(28)26(32)35)24(33)30-19-8-6-5-7-18(19)29/h5-14,20-23H,15H2,1-4H3,(H,30,33)(H,31,34). The van der Waals surface area contributed by atoms with Gasteiger partial charge in [0.05, 0.1) is 23.6 Å². The Labute approximate surface area is 209 Å². The third-order valence-corrected chi connectivity index (χ3v) is 7.03. The van der Waals surface area contributed by atoms with Gasteiger partial charge in [0, 0.05) is 12.1 Å². The van der Waals surface area contributed by atoms with E-state index in [1.165, 1.54) is 23.1 Å². The number of ether oxygens (including phenoxy) is 1.